The Morgan fingerprint density at radius 2 is 2.18 bits per heavy atom. The minimum Gasteiger partial charge on any atom is -0.381 e. The number of nitrogens with one attached hydrogen (secondary N) is 2. The lowest BCUT2D eigenvalue weighted by Gasteiger charge is -2.35. The lowest BCUT2D eigenvalue weighted by atomic mass is 9.97. The standard InChI is InChI=1S/C25H31FN6O2/c1-2-23(33)32-8-3-4-21(14-32)28-24-22(26)11-27-25(30-24)29-20-6-5-18-7-9-31(13-19(18)10-20)12-17-15-34-16-17/h2,5-6,10-11,17,21H,1,3-4,7-9,12-16H2,(H2,27,28,29,30). The Balaban J connectivity index is 1.24. The monoisotopic (exact) mass is 466 g/mol. The van der Waals surface area contributed by atoms with E-state index in [1.807, 2.05) is 6.07 Å². The van der Waals surface area contributed by atoms with E-state index in [-0.39, 0.29) is 17.8 Å². The average molecular weight is 467 g/mol. The van der Waals surface area contributed by atoms with Gasteiger partial charge in [0.15, 0.2) is 11.6 Å². The summed E-state index contributed by atoms with van der Waals surface area (Å²) in [5.41, 5.74) is 3.54. The third-order valence-electron chi connectivity index (χ3n) is 6.77. The zero-order chi connectivity index (χ0) is 23.5. The van der Waals surface area contributed by atoms with Crippen LogP contribution < -0.4 is 10.6 Å². The van der Waals surface area contributed by atoms with E-state index in [2.05, 4.69) is 44.2 Å². The van der Waals surface area contributed by atoms with Gasteiger partial charge in [-0.15, -0.1) is 0 Å². The van der Waals surface area contributed by atoms with Gasteiger partial charge >= 0.3 is 0 Å². The van der Waals surface area contributed by atoms with Crippen LogP contribution in [0.15, 0.2) is 37.1 Å². The van der Waals surface area contributed by atoms with Crippen molar-refractivity contribution < 1.29 is 13.9 Å². The molecule has 0 saturated carbocycles. The van der Waals surface area contributed by atoms with Gasteiger partial charge in [-0.1, -0.05) is 12.6 Å². The number of anilines is 3. The summed E-state index contributed by atoms with van der Waals surface area (Å²) in [7, 11) is 0. The summed E-state index contributed by atoms with van der Waals surface area (Å²) < 4.78 is 19.8. The zero-order valence-electron chi connectivity index (χ0n) is 19.3. The van der Waals surface area contributed by atoms with Crippen LogP contribution >= 0.6 is 0 Å². The molecular formula is C25H31FN6O2. The first kappa shape index (κ1) is 22.7. The predicted octanol–water partition coefficient (Wildman–Crippen LogP) is 2.95. The highest BCUT2D eigenvalue weighted by molar-refractivity contribution is 5.87. The highest BCUT2D eigenvalue weighted by atomic mass is 19.1. The third kappa shape index (κ3) is 5.20. The van der Waals surface area contributed by atoms with Crippen LogP contribution in [0.4, 0.5) is 21.8 Å². The van der Waals surface area contributed by atoms with Gasteiger partial charge < -0.3 is 20.3 Å². The van der Waals surface area contributed by atoms with Crippen molar-refractivity contribution in [3.8, 4) is 0 Å². The maximum atomic E-state index is 14.5. The second kappa shape index (κ2) is 10.1. The molecule has 2 saturated heterocycles. The number of rotatable bonds is 7. The molecule has 34 heavy (non-hydrogen) atoms. The summed E-state index contributed by atoms with van der Waals surface area (Å²) in [5, 5.41) is 6.39. The number of benzene rings is 1. The molecule has 8 nitrogen and oxygen atoms in total. The van der Waals surface area contributed by atoms with Crippen molar-refractivity contribution in [3.05, 3.63) is 54.0 Å². The fourth-order valence-electron chi connectivity index (χ4n) is 4.88. The molecule has 4 heterocycles. The Morgan fingerprint density at radius 1 is 1.29 bits per heavy atom. The van der Waals surface area contributed by atoms with E-state index < -0.39 is 5.82 Å². The first-order chi connectivity index (χ1) is 16.6. The van der Waals surface area contributed by atoms with Gasteiger partial charge in [-0.05, 0) is 48.6 Å². The number of likely N-dealkylation sites (tertiary alicyclic amines) is 1. The van der Waals surface area contributed by atoms with E-state index in [4.69, 9.17) is 4.74 Å². The number of fused-ring (bicyclic) bond motifs is 1. The van der Waals surface area contributed by atoms with Crippen LogP contribution in [0.1, 0.15) is 24.0 Å². The molecular weight excluding hydrogens is 435 g/mol. The molecule has 2 fully saturated rings. The van der Waals surface area contributed by atoms with E-state index in [1.165, 1.54) is 23.4 Å². The number of hydrogen-bond donors (Lipinski definition) is 2. The number of ether oxygens (including phenoxy) is 1. The molecule has 2 N–H and O–H groups in total. The van der Waals surface area contributed by atoms with Crippen molar-refractivity contribution >= 4 is 23.4 Å². The van der Waals surface area contributed by atoms with Gasteiger partial charge in [0.25, 0.3) is 0 Å². The topological polar surface area (TPSA) is 82.6 Å². The molecule has 1 unspecified atom stereocenters. The molecule has 3 aliphatic rings. The summed E-state index contributed by atoms with van der Waals surface area (Å²) in [5.74, 6) is 0.496. The van der Waals surface area contributed by atoms with Crippen LogP contribution in [-0.4, -0.2) is 71.1 Å². The maximum absolute atomic E-state index is 14.5. The van der Waals surface area contributed by atoms with Gasteiger partial charge in [0.05, 0.1) is 19.4 Å². The molecule has 1 aromatic carbocycles. The molecule has 0 radical (unpaired) electrons. The molecule has 1 atom stereocenters. The number of hydrogen-bond acceptors (Lipinski definition) is 7. The molecule has 0 bridgehead atoms. The minimum atomic E-state index is -0.515. The largest absolute Gasteiger partial charge is 0.381 e. The van der Waals surface area contributed by atoms with E-state index in [0.717, 1.165) is 57.8 Å². The van der Waals surface area contributed by atoms with Crippen LogP contribution in [0.3, 0.4) is 0 Å². The van der Waals surface area contributed by atoms with Crippen molar-refractivity contribution in [2.45, 2.75) is 31.8 Å². The van der Waals surface area contributed by atoms with E-state index in [9.17, 15) is 9.18 Å². The summed E-state index contributed by atoms with van der Waals surface area (Å²) in [6, 6.07) is 6.23. The molecule has 0 aliphatic carbocycles. The Morgan fingerprint density at radius 3 is 2.97 bits per heavy atom. The number of carbonyl (C=O) groups is 1. The SMILES string of the molecule is C=CC(=O)N1CCCC(Nc2nc(Nc3ccc4c(c3)CN(CC3COC3)CC4)ncc2F)C1. The summed E-state index contributed by atoms with van der Waals surface area (Å²) in [4.78, 5) is 24.7. The van der Waals surface area contributed by atoms with Gasteiger partial charge in [-0.25, -0.2) is 9.37 Å². The van der Waals surface area contributed by atoms with E-state index >= 15 is 0 Å². The fraction of sp³-hybridized carbons (Fsp3) is 0.480. The number of carbonyl (C=O) groups excluding carboxylic acids is 1. The lowest BCUT2D eigenvalue weighted by Crippen LogP contribution is -2.44. The zero-order valence-corrected chi connectivity index (χ0v) is 19.3. The molecule has 2 aromatic rings. The molecule has 5 rings (SSSR count). The number of aromatic nitrogens is 2. The Hall–Kier alpha value is -3.04. The van der Waals surface area contributed by atoms with Gasteiger partial charge in [0, 0.05) is 50.4 Å². The van der Waals surface area contributed by atoms with Crippen LogP contribution in [0.2, 0.25) is 0 Å². The molecule has 1 aromatic heterocycles. The molecule has 0 spiro atoms. The Kier molecular flexibility index (Phi) is 6.73. The van der Waals surface area contributed by atoms with Gasteiger partial charge in [0.1, 0.15) is 0 Å². The third-order valence-corrected chi connectivity index (χ3v) is 6.77. The minimum absolute atomic E-state index is 0.0781. The smallest absolute Gasteiger partial charge is 0.246 e. The Bertz CT molecular complexity index is 1060. The summed E-state index contributed by atoms with van der Waals surface area (Å²) in [6.07, 6.45) is 5.21. The summed E-state index contributed by atoms with van der Waals surface area (Å²) >= 11 is 0. The van der Waals surface area contributed by atoms with Crippen molar-refractivity contribution in [1.29, 1.82) is 0 Å². The van der Waals surface area contributed by atoms with Crippen molar-refractivity contribution in [2.75, 3.05) is 50.0 Å². The maximum Gasteiger partial charge on any atom is 0.246 e. The normalized spacial score (nSPS) is 20.9. The fourth-order valence-corrected chi connectivity index (χ4v) is 4.88. The van der Waals surface area contributed by atoms with Crippen molar-refractivity contribution in [2.24, 2.45) is 5.92 Å². The second-order valence-corrected chi connectivity index (χ2v) is 9.36. The lowest BCUT2D eigenvalue weighted by molar-refractivity contribution is -0.127. The van der Waals surface area contributed by atoms with Crippen molar-refractivity contribution in [3.63, 3.8) is 0 Å². The van der Waals surface area contributed by atoms with Gasteiger partial charge in [-0.3, -0.25) is 9.69 Å². The molecule has 9 heteroatoms. The predicted molar refractivity (Wildman–Crippen MR) is 128 cm³/mol. The van der Waals surface area contributed by atoms with Crippen LogP contribution in [-0.2, 0) is 22.5 Å². The van der Waals surface area contributed by atoms with Crippen LogP contribution in [0.25, 0.3) is 0 Å². The number of halogens is 1. The number of nitrogens with zero attached hydrogens (tertiary/aromatic N) is 4. The van der Waals surface area contributed by atoms with E-state index in [0.29, 0.717) is 25.0 Å². The average Bonchev–Trinajstić information content (AvgIpc) is 2.83. The van der Waals surface area contributed by atoms with E-state index in [1.54, 1.807) is 4.90 Å². The number of amides is 1. The molecule has 1 amide bonds. The first-order valence-electron chi connectivity index (χ1n) is 12.0. The van der Waals surface area contributed by atoms with Crippen LogP contribution in [0.5, 0.6) is 0 Å². The van der Waals surface area contributed by atoms with Crippen molar-refractivity contribution in [1.82, 2.24) is 19.8 Å². The molecule has 3 aliphatic heterocycles. The second-order valence-electron chi connectivity index (χ2n) is 9.36. The van der Waals surface area contributed by atoms with Gasteiger partial charge in [-0.2, -0.15) is 4.98 Å². The highest BCUT2D eigenvalue weighted by Gasteiger charge is 2.25. The quantitative estimate of drug-likeness (QED) is 0.607. The molecule has 180 valence electrons. The Labute approximate surface area is 199 Å². The van der Waals surface area contributed by atoms with Gasteiger partial charge in [0.2, 0.25) is 11.9 Å². The highest BCUT2D eigenvalue weighted by Crippen LogP contribution is 2.26. The number of piperidine rings is 1. The first-order valence-corrected chi connectivity index (χ1v) is 12.0. The van der Waals surface area contributed by atoms with Crippen LogP contribution in [0, 0.1) is 11.7 Å². The summed E-state index contributed by atoms with van der Waals surface area (Å²) in [6.45, 7) is 9.53.